The average molecular weight is 333 g/mol. The Kier molecular flexibility index (Phi) is 2.55. The van der Waals surface area contributed by atoms with Crippen LogP contribution < -0.4 is 4.90 Å². The molecule has 2 amide bonds. The number of carbonyl (C=O) groups is 2. The van der Waals surface area contributed by atoms with Crippen LogP contribution in [0.3, 0.4) is 0 Å². The molecule has 6 heteroatoms. The predicted octanol–water partition coefficient (Wildman–Crippen LogP) is 3.26. The first-order valence-corrected chi connectivity index (χ1v) is 8.12. The Morgan fingerprint density at radius 2 is 1.46 bits per heavy atom. The van der Waals surface area contributed by atoms with Crippen molar-refractivity contribution in [3.63, 3.8) is 0 Å². The molecule has 3 nitrogen and oxygen atoms in total. The van der Waals surface area contributed by atoms with Crippen LogP contribution in [0.2, 0.25) is 0 Å². The number of allylic oxidation sites excluding steroid dienone is 2. The monoisotopic (exact) mass is 333 g/mol. The molecule has 2 saturated carbocycles. The minimum atomic E-state index is -4.61. The number of anilines is 1. The maximum atomic E-state index is 13.3. The molecule has 1 saturated heterocycles. The Hall–Kier alpha value is -2.11. The van der Waals surface area contributed by atoms with Gasteiger partial charge in [-0.25, -0.2) is 4.90 Å². The molecule has 0 aromatic heterocycles. The van der Waals surface area contributed by atoms with E-state index in [4.69, 9.17) is 0 Å². The molecule has 6 rings (SSSR count). The van der Waals surface area contributed by atoms with Crippen molar-refractivity contribution in [3.8, 4) is 0 Å². The van der Waals surface area contributed by atoms with E-state index in [2.05, 4.69) is 0 Å². The van der Waals surface area contributed by atoms with E-state index in [0.29, 0.717) is 11.8 Å². The summed E-state index contributed by atoms with van der Waals surface area (Å²) in [6.45, 7) is 0. The zero-order valence-corrected chi connectivity index (χ0v) is 12.5. The molecule has 0 unspecified atom stereocenters. The van der Waals surface area contributed by atoms with Gasteiger partial charge >= 0.3 is 6.18 Å². The van der Waals surface area contributed by atoms with Crippen molar-refractivity contribution >= 4 is 17.5 Å². The van der Waals surface area contributed by atoms with E-state index in [1.54, 1.807) is 0 Å². The molecule has 1 aliphatic heterocycles. The van der Waals surface area contributed by atoms with Gasteiger partial charge in [-0.05, 0) is 42.2 Å². The van der Waals surface area contributed by atoms with Gasteiger partial charge in [0, 0.05) is 0 Å². The minimum absolute atomic E-state index is 0.00417. The molecule has 2 bridgehead atoms. The topological polar surface area (TPSA) is 37.4 Å². The van der Waals surface area contributed by atoms with Crippen molar-refractivity contribution in [1.29, 1.82) is 0 Å². The highest BCUT2D eigenvalue weighted by Crippen LogP contribution is 2.65. The third-order valence-electron chi connectivity index (χ3n) is 6.11. The number of carbonyl (C=O) groups excluding carboxylic acids is 2. The number of halogens is 3. The SMILES string of the molecule is O=C1[C@@H]2[C@H]3C=C[C@@H]([C@@H]4C[C@@H]34)[C@H]2C(=O)N1c1ccccc1C(F)(F)F. The number of imide groups is 1. The fourth-order valence-electron chi connectivity index (χ4n) is 5.10. The van der Waals surface area contributed by atoms with E-state index in [9.17, 15) is 22.8 Å². The van der Waals surface area contributed by atoms with Gasteiger partial charge in [0.1, 0.15) is 0 Å². The minimum Gasteiger partial charge on any atom is -0.274 e. The van der Waals surface area contributed by atoms with Gasteiger partial charge in [-0.15, -0.1) is 0 Å². The average Bonchev–Trinajstić information content (AvgIpc) is 3.31. The zero-order chi connectivity index (χ0) is 16.8. The molecule has 6 atom stereocenters. The second kappa shape index (κ2) is 4.29. The summed E-state index contributed by atoms with van der Waals surface area (Å²) in [5.41, 5.74) is -1.27. The van der Waals surface area contributed by atoms with Crippen LogP contribution in [0, 0.1) is 35.5 Å². The number of rotatable bonds is 1. The third-order valence-corrected chi connectivity index (χ3v) is 6.11. The number of amides is 2. The van der Waals surface area contributed by atoms with Gasteiger partial charge < -0.3 is 0 Å². The first-order valence-electron chi connectivity index (χ1n) is 8.12. The third kappa shape index (κ3) is 1.63. The first-order chi connectivity index (χ1) is 11.4. The molecule has 1 heterocycles. The lowest BCUT2D eigenvalue weighted by Gasteiger charge is -2.37. The van der Waals surface area contributed by atoms with Gasteiger partial charge in [0.15, 0.2) is 0 Å². The molecule has 3 fully saturated rings. The highest BCUT2D eigenvalue weighted by Gasteiger charge is 2.67. The van der Waals surface area contributed by atoms with E-state index in [-0.39, 0.29) is 17.5 Å². The fraction of sp³-hybridized carbons (Fsp3) is 0.444. The van der Waals surface area contributed by atoms with Gasteiger partial charge in [-0.2, -0.15) is 13.2 Å². The quantitative estimate of drug-likeness (QED) is 0.584. The summed E-state index contributed by atoms with van der Waals surface area (Å²) in [4.78, 5) is 26.6. The number of para-hydroxylation sites is 1. The van der Waals surface area contributed by atoms with Gasteiger partial charge in [0.05, 0.1) is 23.1 Å². The van der Waals surface area contributed by atoms with Gasteiger partial charge in [0.2, 0.25) is 11.8 Å². The number of hydrogen-bond donors (Lipinski definition) is 0. The van der Waals surface area contributed by atoms with Crippen molar-refractivity contribution in [1.82, 2.24) is 0 Å². The van der Waals surface area contributed by atoms with Crippen molar-refractivity contribution in [2.45, 2.75) is 12.6 Å². The maximum Gasteiger partial charge on any atom is 0.418 e. The molecule has 1 aromatic rings. The van der Waals surface area contributed by atoms with E-state index >= 15 is 0 Å². The molecule has 0 N–H and O–H groups in total. The van der Waals surface area contributed by atoms with Crippen LogP contribution in [0.4, 0.5) is 18.9 Å². The Balaban J connectivity index is 1.61. The molecule has 5 aliphatic rings. The zero-order valence-electron chi connectivity index (χ0n) is 12.5. The van der Waals surface area contributed by atoms with Crippen LogP contribution >= 0.6 is 0 Å². The maximum absolute atomic E-state index is 13.3. The number of alkyl halides is 3. The Morgan fingerprint density at radius 3 is 2.00 bits per heavy atom. The Morgan fingerprint density at radius 1 is 0.917 bits per heavy atom. The van der Waals surface area contributed by atoms with Crippen LogP contribution in [0.1, 0.15) is 12.0 Å². The lowest BCUT2D eigenvalue weighted by Crippen LogP contribution is -2.40. The fourth-order valence-corrected chi connectivity index (χ4v) is 5.10. The summed E-state index contributed by atoms with van der Waals surface area (Å²) in [7, 11) is 0. The molecule has 0 spiro atoms. The summed E-state index contributed by atoms with van der Waals surface area (Å²) in [5.74, 6) is -1.05. The molecule has 1 aromatic carbocycles. The molecular formula is C18H14F3NO2. The van der Waals surface area contributed by atoms with Crippen LogP contribution in [-0.4, -0.2) is 11.8 Å². The largest absolute Gasteiger partial charge is 0.418 e. The summed E-state index contributed by atoms with van der Waals surface area (Å²) >= 11 is 0. The summed E-state index contributed by atoms with van der Waals surface area (Å²) in [5, 5.41) is 0. The highest BCUT2D eigenvalue weighted by molar-refractivity contribution is 6.23. The number of nitrogens with zero attached hydrogens (tertiary/aromatic N) is 1. The van der Waals surface area contributed by atoms with Crippen molar-refractivity contribution in [3.05, 3.63) is 42.0 Å². The molecule has 0 radical (unpaired) electrons. The predicted molar refractivity (Wildman–Crippen MR) is 78.6 cm³/mol. The van der Waals surface area contributed by atoms with Crippen molar-refractivity contribution in [2.24, 2.45) is 35.5 Å². The van der Waals surface area contributed by atoms with Gasteiger partial charge in [-0.1, -0.05) is 24.3 Å². The number of benzene rings is 1. The van der Waals surface area contributed by atoms with E-state index in [0.717, 1.165) is 17.4 Å². The molecule has 4 aliphatic carbocycles. The summed E-state index contributed by atoms with van der Waals surface area (Å²) in [6, 6.07) is 4.83. The van der Waals surface area contributed by atoms with Gasteiger partial charge in [-0.3, -0.25) is 9.59 Å². The summed E-state index contributed by atoms with van der Waals surface area (Å²) in [6.07, 6.45) is 0.425. The van der Waals surface area contributed by atoms with Crippen LogP contribution in [0.25, 0.3) is 0 Å². The van der Waals surface area contributed by atoms with E-state index < -0.39 is 35.4 Å². The normalized spacial score (nSPS) is 39.2. The second-order valence-corrected chi connectivity index (χ2v) is 7.18. The van der Waals surface area contributed by atoms with Crippen molar-refractivity contribution in [2.75, 3.05) is 4.90 Å². The standard InChI is InChI=1S/C18H14F3NO2/c19-18(20,21)12-3-1-2-4-13(12)22-16(23)14-8-5-6-9(11-7-10(8)11)15(14)17(22)24/h1-6,8-11,14-15H,7H2/t8-,9-,10-,11-,14+,15+/m0/s1. The van der Waals surface area contributed by atoms with Crippen molar-refractivity contribution < 1.29 is 22.8 Å². The smallest absolute Gasteiger partial charge is 0.274 e. The summed E-state index contributed by atoms with van der Waals surface area (Å²) < 4.78 is 39.9. The van der Waals surface area contributed by atoms with Crippen LogP contribution in [0.15, 0.2) is 36.4 Å². The molecule has 124 valence electrons. The Bertz CT molecular complexity index is 764. The van der Waals surface area contributed by atoms with E-state index in [1.807, 2.05) is 12.2 Å². The lowest BCUT2D eigenvalue weighted by molar-refractivity contribution is -0.137. The molecular weight excluding hydrogens is 319 g/mol. The lowest BCUT2D eigenvalue weighted by atomic mass is 9.63. The van der Waals surface area contributed by atoms with Crippen LogP contribution in [0.5, 0.6) is 0 Å². The van der Waals surface area contributed by atoms with Gasteiger partial charge in [0.25, 0.3) is 0 Å². The number of hydrogen-bond acceptors (Lipinski definition) is 2. The first kappa shape index (κ1) is 14.3. The van der Waals surface area contributed by atoms with Crippen LogP contribution in [-0.2, 0) is 15.8 Å². The highest BCUT2D eigenvalue weighted by atomic mass is 19.4. The Labute approximate surface area is 136 Å². The second-order valence-electron chi connectivity index (χ2n) is 7.18. The van der Waals surface area contributed by atoms with E-state index in [1.165, 1.54) is 18.2 Å². The molecule has 24 heavy (non-hydrogen) atoms.